The minimum atomic E-state index is -0.336. The van der Waals surface area contributed by atoms with Gasteiger partial charge in [0.05, 0.1) is 5.56 Å². The highest BCUT2D eigenvalue weighted by Crippen LogP contribution is 2.38. The van der Waals surface area contributed by atoms with Crippen LogP contribution in [0.4, 0.5) is 0 Å². The van der Waals surface area contributed by atoms with Crippen molar-refractivity contribution in [1.82, 2.24) is 0 Å². The minimum Gasteiger partial charge on any atom is -0.483 e. The summed E-state index contributed by atoms with van der Waals surface area (Å²) in [5.41, 5.74) is 2.80. The molecule has 1 aliphatic heterocycles. The third-order valence-electron chi connectivity index (χ3n) is 3.43. The Balaban J connectivity index is 2.44. The summed E-state index contributed by atoms with van der Waals surface area (Å²) >= 11 is 0. The number of benzene rings is 1. The van der Waals surface area contributed by atoms with Gasteiger partial charge in [-0.05, 0) is 57.0 Å². The number of fused-ring (bicyclic) bond motifs is 3. The first-order chi connectivity index (χ1) is 8.87. The van der Waals surface area contributed by atoms with Gasteiger partial charge < -0.3 is 9.15 Å². The van der Waals surface area contributed by atoms with Crippen LogP contribution >= 0.6 is 0 Å². The van der Waals surface area contributed by atoms with Gasteiger partial charge in [-0.15, -0.1) is 0 Å². The molecule has 3 nitrogen and oxygen atoms in total. The number of hydrogen-bond acceptors (Lipinski definition) is 3. The molecule has 3 heteroatoms. The summed E-state index contributed by atoms with van der Waals surface area (Å²) in [6, 6.07) is 3.54. The lowest BCUT2D eigenvalue weighted by Crippen LogP contribution is -2.27. The van der Waals surface area contributed by atoms with Gasteiger partial charge in [0.2, 0.25) is 0 Å². The predicted octanol–water partition coefficient (Wildman–Crippen LogP) is 3.59. The maximum Gasteiger partial charge on any atom is 0.336 e. The van der Waals surface area contributed by atoms with E-state index in [4.69, 9.17) is 9.15 Å². The van der Waals surface area contributed by atoms with Crippen LogP contribution < -0.4 is 10.4 Å². The average molecular weight is 256 g/mol. The second-order valence-electron chi connectivity index (χ2n) is 5.60. The zero-order valence-corrected chi connectivity index (χ0v) is 11.5. The normalized spacial score (nSPS) is 16.2. The predicted molar refractivity (Wildman–Crippen MR) is 75.7 cm³/mol. The van der Waals surface area contributed by atoms with E-state index in [-0.39, 0.29) is 11.2 Å². The van der Waals surface area contributed by atoms with E-state index in [1.54, 1.807) is 0 Å². The molecule has 2 aromatic rings. The van der Waals surface area contributed by atoms with Gasteiger partial charge in [-0.2, -0.15) is 0 Å². The van der Waals surface area contributed by atoms with Gasteiger partial charge in [-0.25, -0.2) is 4.79 Å². The molecule has 0 saturated heterocycles. The van der Waals surface area contributed by atoms with Crippen molar-refractivity contribution >= 4 is 17.0 Å². The van der Waals surface area contributed by atoms with Crippen molar-refractivity contribution in [2.45, 2.75) is 33.3 Å². The number of hydrogen-bond donors (Lipinski definition) is 0. The Morgan fingerprint density at radius 1 is 1.11 bits per heavy atom. The summed E-state index contributed by atoms with van der Waals surface area (Å²) in [6.07, 6.45) is 3.95. The molecule has 1 aromatic carbocycles. The standard InChI is InChI=1S/C16H16O3/c1-9-7-12-11(5-6-16(3,4)19-12)15-14(9)10(2)8-13(17)18-15/h5-8H,1-4H3. The van der Waals surface area contributed by atoms with E-state index < -0.39 is 0 Å². The molecule has 2 heterocycles. The van der Waals surface area contributed by atoms with E-state index in [0.717, 1.165) is 27.8 Å². The second kappa shape index (κ2) is 3.73. The molecule has 1 aromatic heterocycles. The molecule has 0 radical (unpaired) electrons. The third-order valence-corrected chi connectivity index (χ3v) is 3.43. The minimum absolute atomic E-state index is 0.323. The molecule has 0 amide bonds. The maximum absolute atomic E-state index is 11.6. The topological polar surface area (TPSA) is 39.4 Å². The van der Waals surface area contributed by atoms with E-state index in [0.29, 0.717) is 5.58 Å². The SMILES string of the molecule is Cc1cc2c(c3oc(=O)cc(C)c13)C=CC(C)(C)O2. The van der Waals surface area contributed by atoms with Crippen LogP contribution in [-0.2, 0) is 0 Å². The lowest BCUT2D eigenvalue weighted by Gasteiger charge is -2.28. The molecule has 0 atom stereocenters. The summed E-state index contributed by atoms with van der Waals surface area (Å²) in [6.45, 7) is 7.93. The van der Waals surface area contributed by atoms with Gasteiger partial charge in [0, 0.05) is 11.5 Å². The van der Waals surface area contributed by atoms with E-state index in [1.165, 1.54) is 6.07 Å². The van der Waals surface area contributed by atoms with Crippen LogP contribution in [0.2, 0.25) is 0 Å². The molecule has 0 fully saturated rings. The highest BCUT2D eigenvalue weighted by Gasteiger charge is 2.25. The monoisotopic (exact) mass is 256 g/mol. The van der Waals surface area contributed by atoms with Gasteiger partial charge in [-0.1, -0.05) is 0 Å². The molecular weight excluding hydrogens is 240 g/mol. The Morgan fingerprint density at radius 3 is 2.53 bits per heavy atom. The zero-order chi connectivity index (χ0) is 13.8. The van der Waals surface area contributed by atoms with Crippen molar-refractivity contribution in [3.05, 3.63) is 45.3 Å². The summed E-state index contributed by atoms with van der Waals surface area (Å²) in [5, 5.41) is 0.992. The molecule has 0 unspecified atom stereocenters. The quantitative estimate of drug-likeness (QED) is 0.676. The van der Waals surface area contributed by atoms with Gasteiger partial charge in [-0.3, -0.25) is 0 Å². The second-order valence-corrected chi connectivity index (χ2v) is 5.60. The van der Waals surface area contributed by atoms with E-state index in [9.17, 15) is 4.79 Å². The molecular formula is C16H16O3. The Morgan fingerprint density at radius 2 is 1.79 bits per heavy atom. The fraction of sp³-hybridized carbons (Fsp3) is 0.312. The van der Waals surface area contributed by atoms with Crippen molar-refractivity contribution in [3.8, 4) is 5.75 Å². The first kappa shape index (κ1) is 12.0. The van der Waals surface area contributed by atoms with Crippen LogP contribution in [0.3, 0.4) is 0 Å². The van der Waals surface area contributed by atoms with Crippen LogP contribution in [0.5, 0.6) is 5.75 Å². The molecule has 0 saturated carbocycles. The van der Waals surface area contributed by atoms with E-state index in [2.05, 4.69) is 0 Å². The van der Waals surface area contributed by atoms with E-state index >= 15 is 0 Å². The first-order valence-corrected chi connectivity index (χ1v) is 6.34. The summed E-state index contributed by atoms with van der Waals surface area (Å²) in [7, 11) is 0. The molecule has 3 rings (SSSR count). The van der Waals surface area contributed by atoms with Crippen molar-refractivity contribution in [3.63, 3.8) is 0 Å². The van der Waals surface area contributed by atoms with Gasteiger partial charge in [0.1, 0.15) is 16.9 Å². The molecule has 1 aliphatic rings. The molecule has 0 N–H and O–H groups in total. The molecule has 0 bridgehead atoms. The van der Waals surface area contributed by atoms with Gasteiger partial charge >= 0.3 is 5.63 Å². The van der Waals surface area contributed by atoms with Gasteiger partial charge in [0.25, 0.3) is 0 Å². The van der Waals surface area contributed by atoms with Crippen molar-refractivity contribution in [2.75, 3.05) is 0 Å². The van der Waals surface area contributed by atoms with Crippen LogP contribution in [-0.4, -0.2) is 5.60 Å². The lowest BCUT2D eigenvalue weighted by molar-refractivity contribution is 0.159. The molecule has 19 heavy (non-hydrogen) atoms. The summed E-state index contributed by atoms with van der Waals surface area (Å²) in [5.74, 6) is 0.770. The number of rotatable bonds is 0. The van der Waals surface area contributed by atoms with Crippen LogP contribution in [0.25, 0.3) is 17.0 Å². The van der Waals surface area contributed by atoms with Crippen LogP contribution in [0.1, 0.15) is 30.5 Å². The highest BCUT2D eigenvalue weighted by molar-refractivity contribution is 5.93. The van der Waals surface area contributed by atoms with Crippen LogP contribution in [0, 0.1) is 13.8 Å². The first-order valence-electron chi connectivity index (χ1n) is 6.34. The fourth-order valence-corrected chi connectivity index (χ4v) is 2.59. The Labute approximate surface area is 111 Å². The van der Waals surface area contributed by atoms with Crippen molar-refractivity contribution in [1.29, 1.82) is 0 Å². The summed E-state index contributed by atoms with van der Waals surface area (Å²) < 4.78 is 11.3. The zero-order valence-electron chi connectivity index (χ0n) is 11.5. The maximum atomic E-state index is 11.6. The fourth-order valence-electron chi connectivity index (χ4n) is 2.59. The Bertz CT molecular complexity index is 764. The largest absolute Gasteiger partial charge is 0.483 e. The smallest absolute Gasteiger partial charge is 0.336 e. The number of ether oxygens (including phenoxy) is 1. The van der Waals surface area contributed by atoms with Crippen LogP contribution in [0.15, 0.2) is 27.4 Å². The molecule has 98 valence electrons. The number of aryl methyl sites for hydroxylation is 2. The lowest BCUT2D eigenvalue weighted by atomic mass is 9.97. The Hall–Kier alpha value is -2.03. The van der Waals surface area contributed by atoms with Gasteiger partial charge in [0.15, 0.2) is 0 Å². The third kappa shape index (κ3) is 1.86. The average Bonchev–Trinajstić information content (AvgIpc) is 2.25. The highest BCUT2D eigenvalue weighted by atomic mass is 16.5. The Kier molecular flexibility index (Phi) is 2.36. The molecule has 0 spiro atoms. The van der Waals surface area contributed by atoms with E-state index in [1.807, 2.05) is 45.9 Å². The van der Waals surface area contributed by atoms with Crippen molar-refractivity contribution in [2.24, 2.45) is 0 Å². The van der Waals surface area contributed by atoms with Crippen molar-refractivity contribution < 1.29 is 9.15 Å². The summed E-state index contributed by atoms with van der Waals surface area (Å²) in [4.78, 5) is 11.6. The molecule has 0 aliphatic carbocycles.